The van der Waals surface area contributed by atoms with Gasteiger partial charge in [-0.25, -0.2) is 13.1 Å². The van der Waals surface area contributed by atoms with Crippen LogP contribution in [0.25, 0.3) is 0 Å². The van der Waals surface area contributed by atoms with E-state index in [0.717, 1.165) is 18.4 Å². The van der Waals surface area contributed by atoms with Crippen LogP contribution in [0, 0.1) is 0 Å². The van der Waals surface area contributed by atoms with Gasteiger partial charge in [0.2, 0.25) is 10.0 Å². The van der Waals surface area contributed by atoms with E-state index in [9.17, 15) is 18.0 Å². The first-order valence-electron chi connectivity index (χ1n) is 9.93. The highest BCUT2D eigenvalue weighted by molar-refractivity contribution is 7.89. The zero-order valence-electron chi connectivity index (χ0n) is 17.5. The fourth-order valence-corrected chi connectivity index (χ4v) is 4.31. The Morgan fingerprint density at radius 1 is 0.933 bits per heavy atom. The van der Waals surface area contributed by atoms with Gasteiger partial charge < -0.3 is 9.80 Å². The molecule has 0 heterocycles. The van der Waals surface area contributed by atoms with Crippen molar-refractivity contribution < 1.29 is 18.0 Å². The Hall–Kier alpha value is -2.71. The molecular weight excluding hydrogens is 402 g/mol. The number of rotatable bonds is 8. The summed E-state index contributed by atoms with van der Waals surface area (Å²) in [4.78, 5) is 28.2. The highest BCUT2D eigenvalue weighted by atomic mass is 32.2. The van der Waals surface area contributed by atoms with Crippen LogP contribution in [0.3, 0.4) is 0 Å². The SMILES string of the molecule is CCN(Cc1ccc(C(=O)N(C)C)cc1)C(=O)c1ccc(S(=O)(=O)NC2CC2)cc1. The smallest absolute Gasteiger partial charge is 0.254 e. The normalized spacial score (nSPS) is 13.7. The van der Waals surface area contributed by atoms with Crippen LogP contribution in [0.2, 0.25) is 0 Å². The van der Waals surface area contributed by atoms with Gasteiger partial charge in [0.1, 0.15) is 0 Å². The first-order chi connectivity index (χ1) is 14.2. The van der Waals surface area contributed by atoms with Gasteiger partial charge in [0.25, 0.3) is 11.8 Å². The fourth-order valence-electron chi connectivity index (χ4n) is 3.01. The molecular formula is C22H27N3O4S. The quantitative estimate of drug-likeness (QED) is 0.699. The molecule has 0 aromatic heterocycles. The average Bonchev–Trinajstić information content (AvgIpc) is 3.54. The topological polar surface area (TPSA) is 86.8 Å². The molecule has 1 saturated carbocycles. The van der Waals surface area contributed by atoms with Gasteiger partial charge in [-0.05, 0) is 61.7 Å². The third-order valence-electron chi connectivity index (χ3n) is 4.96. The molecule has 0 aliphatic heterocycles. The minimum absolute atomic E-state index is 0.0336. The van der Waals surface area contributed by atoms with Crippen molar-refractivity contribution in [2.75, 3.05) is 20.6 Å². The summed E-state index contributed by atoms with van der Waals surface area (Å²) in [6.07, 6.45) is 1.73. The van der Waals surface area contributed by atoms with Crippen molar-refractivity contribution in [1.82, 2.24) is 14.5 Å². The number of hydrogen-bond donors (Lipinski definition) is 1. The maximum absolute atomic E-state index is 12.9. The number of carbonyl (C=O) groups is 2. The molecule has 0 atom stereocenters. The number of benzene rings is 2. The number of carbonyl (C=O) groups excluding carboxylic acids is 2. The zero-order chi connectivity index (χ0) is 21.9. The summed E-state index contributed by atoms with van der Waals surface area (Å²) in [5.74, 6) is -0.249. The molecule has 1 aliphatic rings. The van der Waals surface area contributed by atoms with E-state index in [2.05, 4.69) is 4.72 Å². The molecule has 2 aromatic rings. The zero-order valence-corrected chi connectivity index (χ0v) is 18.3. The molecule has 1 aliphatic carbocycles. The molecule has 2 amide bonds. The van der Waals surface area contributed by atoms with Crippen molar-refractivity contribution in [3.8, 4) is 0 Å². The third kappa shape index (κ3) is 5.25. The summed E-state index contributed by atoms with van der Waals surface area (Å²) in [6, 6.07) is 13.2. The number of amides is 2. The molecule has 0 spiro atoms. The van der Waals surface area contributed by atoms with Crippen molar-refractivity contribution in [2.45, 2.75) is 37.2 Å². The van der Waals surface area contributed by atoms with E-state index in [1.54, 1.807) is 43.3 Å². The van der Waals surface area contributed by atoms with Crippen LogP contribution in [0.1, 0.15) is 46.0 Å². The van der Waals surface area contributed by atoms with Crippen LogP contribution in [-0.4, -0.2) is 56.7 Å². The van der Waals surface area contributed by atoms with Crippen molar-refractivity contribution >= 4 is 21.8 Å². The number of hydrogen-bond acceptors (Lipinski definition) is 4. The third-order valence-corrected chi connectivity index (χ3v) is 6.50. The Kier molecular flexibility index (Phi) is 6.58. The van der Waals surface area contributed by atoms with E-state index in [1.165, 1.54) is 17.0 Å². The van der Waals surface area contributed by atoms with Crippen molar-refractivity contribution in [1.29, 1.82) is 0 Å². The van der Waals surface area contributed by atoms with Crippen LogP contribution in [0.4, 0.5) is 0 Å². The lowest BCUT2D eigenvalue weighted by atomic mass is 10.1. The standard InChI is InChI=1S/C22H27N3O4S/c1-4-25(15-16-5-7-17(8-6-16)21(26)24(2)3)22(27)18-9-13-20(14-10-18)30(28,29)23-19-11-12-19/h5-10,13-14,19,23H,4,11-12,15H2,1-3H3. The minimum atomic E-state index is -3.54. The predicted octanol–water partition coefficient (Wildman–Crippen LogP) is 2.49. The van der Waals surface area contributed by atoms with E-state index in [0.29, 0.717) is 24.2 Å². The lowest BCUT2D eigenvalue weighted by molar-refractivity contribution is 0.0751. The van der Waals surface area contributed by atoms with Crippen LogP contribution in [0.5, 0.6) is 0 Å². The molecule has 0 saturated heterocycles. The summed E-state index contributed by atoms with van der Waals surface area (Å²) in [5, 5.41) is 0. The van der Waals surface area contributed by atoms with Crippen molar-refractivity contribution in [3.05, 3.63) is 65.2 Å². The monoisotopic (exact) mass is 429 g/mol. The van der Waals surface area contributed by atoms with Gasteiger partial charge in [-0.2, -0.15) is 0 Å². The van der Waals surface area contributed by atoms with E-state index < -0.39 is 10.0 Å². The highest BCUT2D eigenvalue weighted by Crippen LogP contribution is 2.22. The summed E-state index contributed by atoms with van der Waals surface area (Å²) in [6.45, 7) is 2.79. The Morgan fingerprint density at radius 3 is 1.97 bits per heavy atom. The van der Waals surface area contributed by atoms with Gasteiger partial charge in [-0.1, -0.05) is 12.1 Å². The van der Waals surface area contributed by atoms with Gasteiger partial charge in [0, 0.05) is 44.4 Å². The molecule has 1 N–H and O–H groups in total. The summed E-state index contributed by atoms with van der Waals surface area (Å²) < 4.78 is 27.2. The fraction of sp³-hybridized carbons (Fsp3) is 0.364. The number of sulfonamides is 1. The van der Waals surface area contributed by atoms with Gasteiger partial charge in [-0.3, -0.25) is 9.59 Å². The van der Waals surface area contributed by atoms with Gasteiger partial charge in [-0.15, -0.1) is 0 Å². The van der Waals surface area contributed by atoms with Gasteiger partial charge in [0.05, 0.1) is 4.90 Å². The Morgan fingerprint density at radius 2 is 1.47 bits per heavy atom. The minimum Gasteiger partial charge on any atom is -0.345 e. The Labute approximate surface area is 177 Å². The van der Waals surface area contributed by atoms with Crippen LogP contribution < -0.4 is 4.72 Å². The molecule has 7 nitrogen and oxygen atoms in total. The second kappa shape index (κ2) is 8.97. The highest BCUT2D eigenvalue weighted by Gasteiger charge is 2.28. The van der Waals surface area contributed by atoms with E-state index in [-0.39, 0.29) is 22.8 Å². The number of nitrogens with one attached hydrogen (secondary N) is 1. The lowest BCUT2D eigenvalue weighted by Gasteiger charge is -2.21. The van der Waals surface area contributed by atoms with E-state index >= 15 is 0 Å². The molecule has 160 valence electrons. The van der Waals surface area contributed by atoms with Crippen LogP contribution in [0.15, 0.2) is 53.4 Å². The molecule has 1 fully saturated rings. The van der Waals surface area contributed by atoms with E-state index in [1.807, 2.05) is 19.1 Å². The number of nitrogens with zero attached hydrogens (tertiary/aromatic N) is 2. The lowest BCUT2D eigenvalue weighted by Crippen LogP contribution is -2.30. The molecule has 0 bridgehead atoms. The van der Waals surface area contributed by atoms with Crippen molar-refractivity contribution in [2.24, 2.45) is 0 Å². The summed E-state index contributed by atoms with van der Waals surface area (Å²) in [5.41, 5.74) is 1.93. The second-order valence-corrected chi connectivity index (χ2v) is 9.35. The summed E-state index contributed by atoms with van der Waals surface area (Å²) in [7, 11) is -0.136. The molecule has 8 heteroatoms. The largest absolute Gasteiger partial charge is 0.345 e. The van der Waals surface area contributed by atoms with Crippen LogP contribution in [-0.2, 0) is 16.6 Å². The van der Waals surface area contributed by atoms with Gasteiger partial charge >= 0.3 is 0 Å². The molecule has 30 heavy (non-hydrogen) atoms. The molecule has 0 radical (unpaired) electrons. The van der Waals surface area contributed by atoms with Crippen molar-refractivity contribution in [3.63, 3.8) is 0 Å². The van der Waals surface area contributed by atoms with Crippen LogP contribution >= 0.6 is 0 Å². The molecule has 0 unspecified atom stereocenters. The second-order valence-electron chi connectivity index (χ2n) is 7.64. The predicted molar refractivity (Wildman–Crippen MR) is 115 cm³/mol. The maximum Gasteiger partial charge on any atom is 0.254 e. The first kappa shape index (κ1) is 22.0. The first-order valence-corrected chi connectivity index (χ1v) is 11.4. The average molecular weight is 430 g/mol. The van der Waals surface area contributed by atoms with Gasteiger partial charge in [0.15, 0.2) is 0 Å². The molecule has 3 rings (SSSR count). The maximum atomic E-state index is 12.9. The summed E-state index contributed by atoms with van der Waals surface area (Å²) >= 11 is 0. The Balaban J connectivity index is 1.69. The van der Waals surface area contributed by atoms with E-state index in [4.69, 9.17) is 0 Å². The molecule has 2 aromatic carbocycles. The Bertz CT molecular complexity index is 1010.